The second kappa shape index (κ2) is 8.48. The molecule has 0 aromatic carbocycles. The molecule has 0 saturated carbocycles. The first-order valence-corrected chi connectivity index (χ1v) is 8.07. The van der Waals surface area contributed by atoms with E-state index < -0.39 is 0 Å². The van der Waals surface area contributed by atoms with Crippen molar-refractivity contribution < 1.29 is 4.79 Å². The lowest BCUT2D eigenvalue weighted by Gasteiger charge is -2.27. The standard InChI is InChI=1S/C14H20N6OS/c1-11-10-22-14(19-11)18-9-12(8-15)13(21)17-4-7-20-5-2-16-3-6-20/h9-10,16H,2-7H2,1H3,(H,17,21)(H,18,19)/b12-9-. The Morgan fingerprint density at radius 3 is 3.00 bits per heavy atom. The number of carbonyl (C=O) groups excluding carboxylic acids is 1. The van der Waals surface area contributed by atoms with E-state index in [0.717, 1.165) is 38.4 Å². The van der Waals surface area contributed by atoms with Gasteiger partial charge < -0.3 is 16.0 Å². The lowest BCUT2D eigenvalue weighted by Crippen LogP contribution is -2.46. The summed E-state index contributed by atoms with van der Waals surface area (Å²) in [5.74, 6) is -0.363. The molecule has 2 heterocycles. The number of piperazine rings is 1. The van der Waals surface area contributed by atoms with Crippen LogP contribution in [0.15, 0.2) is 17.2 Å². The maximum Gasteiger partial charge on any atom is 0.263 e. The zero-order valence-corrected chi connectivity index (χ0v) is 13.4. The number of hydrogen-bond acceptors (Lipinski definition) is 7. The summed E-state index contributed by atoms with van der Waals surface area (Å²) in [5, 5.41) is 20.6. The summed E-state index contributed by atoms with van der Waals surface area (Å²) in [4.78, 5) is 18.4. The Kier molecular flexibility index (Phi) is 6.33. The molecule has 0 radical (unpaired) electrons. The molecule has 3 N–H and O–H groups in total. The van der Waals surface area contributed by atoms with E-state index in [4.69, 9.17) is 5.26 Å². The molecule has 0 spiro atoms. The Hall–Kier alpha value is -1.95. The number of anilines is 1. The highest BCUT2D eigenvalue weighted by atomic mass is 32.1. The Labute approximate surface area is 134 Å². The summed E-state index contributed by atoms with van der Waals surface area (Å²) in [7, 11) is 0. The summed E-state index contributed by atoms with van der Waals surface area (Å²) >= 11 is 1.43. The van der Waals surface area contributed by atoms with Crippen LogP contribution in [-0.4, -0.2) is 55.1 Å². The molecular weight excluding hydrogens is 300 g/mol. The summed E-state index contributed by atoms with van der Waals surface area (Å²) in [6.45, 7) is 7.16. The van der Waals surface area contributed by atoms with E-state index in [9.17, 15) is 4.79 Å². The molecule has 2 rings (SSSR count). The first-order chi connectivity index (χ1) is 10.7. The smallest absolute Gasteiger partial charge is 0.263 e. The number of hydrogen-bond donors (Lipinski definition) is 3. The Morgan fingerprint density at radius 2 is 2.36 bits per heavy atom. The van der Waals surface area contributed by atoms with Crippen LogP contribution in [0.4, 0.5) is 5.13 Å². The minimum absolute atomic E-state index is 0.0492. The monoisotopic (exact) mass is 320 g/mol. The highest BCUT2D eigenvalue weighted by Gasteiger charge is 2.11. The predicted octanol–water partition coefficient (Wildman–Crippen LogP) is 0.292. The van der Waals surface area contributed by atoms with Crippen molar-refractivity contribution in [1.29, 1.82) is 5.26 Å². The SMILES string of the molecule is Cc1csc(N/C=C(/C#N)C(=O)NCCN2CCNCC2)n1. The summed E-state index contributed by atoms with van der Waals surface area (Å²) in [6.07, 6.45) is 1.40. The molecule has 1 aliphatic rings. The van der Waals surface area contributed by atoms with Crippen molar-refractivity contribution in [1.82, 2.24) is 20.5 Å². The van der Waals surface area contributed by atoms with Crippen molar-refractivity contribution in [3.05, 3.63) is 22.8 Å². The molecule has 22 heavy (non-hydrogen) atoms. The summed E-state index contributed by atoms with van der Waals surface area (Å²) < 4.78 is 0. The number of rotatable bonds is 6. The fraction of sp³-hybridized carbons (Fsp3) is 0.500. The largest absolute Gasteiger partial charge is 0.350 e. The van der Waals surface area contributed by atoms with Crippen LogP contribution in [0.25, 0.3) is 0 Å². The highest BCUT2D eigenvalue weighted by Crippen LogP contribution is 2.14. The van der Waals surface area contributed by atoms with Crippen molar-refractivity contribution in [3.8, 4) is 6.07 Å². The number of nitriles is 1. The molecule has 1 aliphatic heterocycles. The second-order valence-electron chi connectivity index (χ2n) is 4.96. The van der Waals surface area contributed by atoms with Gasteiger partial charge in [0.05, 0.1) is 5.69 Å². The third-order valence-corrected chi connectivity index (χ3v) is 4.14. The van der Waals surface area contributed by atoms with Gasteiger partial charge >= 0.3 is 0 Å². The van der Waals surface area contributed by atoms with Crippen LogP contribution in [-0.2, 0) is 4.79 Å². The van der Waals surface area contributed by atoms with Crippen LogP contribution in [0.2, 0.25) is 0 Å². The Balaban J connectivity index is 1.77. The number of aromatic nitrogens is 1. The van der Waals surface area contributed by atoms with Crippen LogP contribution in [0.5, 0.6) is 0 Å². The molecule has 1 aromatic rings. The Morgan fingerprint density at radius 1 is 1.59 bits per heavy atom. The van der Waals surface area contributed by atoms with Gasteiger partial charge in [-0.15, -0.1) is 11.3 Å². The van der Waals surface area contributed by atoms with Gasteiger partial charge in [-0.1, -0.05) is 0 Å². The maximum atomic E-state index is 12.0. The molecule has 0 aliphatic carbocycles. The van der Waals surface area contributed by atoms with Crippen LogP contribution in [0.1, 0.15) is 5.69 Å². The van der Waals surface area contributed by atoms with Gasteiger partial charge in [0.15, 0.2) is 5.13 Å². The first kappa shape index (κ1) is 16.4. The van der Waals surface area contributed by atoms with Gasteiger partial charge in [-0.25, -0.2) is 4.98 Å². The van der Waals surface area contributed by atoms with Crippen LogP contribution in [0, 0.1) is 18.3 Å². The van der Waals surface area contributed by atoms with Gasteiger partial charge in [-0.05, 0) is 6.92 Å². The lowest BCUT2D eigenvalue weighted by molar-refractivity contribution is -0.117. The van der Waals surface area contributed by atoms with E-state index in [1.165, 1.54) is 17.5 Å². The molecule has 0 unspecified atom stereocenters. The molecule has 1 amide bonds. The Bertz CT molecular complexity index is 570. The highest BCUT2D eigenvalue weighted by molar-refractivity contribution is 7.13. The zero-order chi connectivity index (χ0) is 15.8. The molecule has 1 aromatic heterocycles. The maximum absolute atomic E-state index is 12.0. The van der Waals surface area contributed by atoms with E-state index in [1.807, 2.05) is 18.4 Å². The fourth-order valence-electron chi connectivity index (χ4n) is 2.06. The van der Waals surface area contributed by atoms with Crippen molar-refractivity contribution in [2.75, 3.05) is 44.6 Å². The van der Waals surface area contributed by atoms with Crippen LogP contribution < -0.4 is 16.0 Å². The van der Waals surface area contributed by atoms with Crippen molar-refractivity contribution in [3.63, 3.8) is 0 Å². The number of aryl methyl sites for hydroxylation is 1. The number of carbonyl (C=O) groups is 1. The quantitative estimate of drug-likeness (QED) is 0.515. The average Bonchev–Trinajstić information content (AvgIpc) is 2.94. The third-order valence-electron chi connectivity index (χ3n) is 3.25. The van der Waals surface area contributed by atoms with Crippen molar-refractivity contribution >= 4 is 22.4 Å². The topological polar surface area (TPSA) is 93.1 Å². The van der Waals surface area contributed by atoms with Crippen molar-refractivity contribution in [2.45, 2.75) is 6.92 Å². The van der Waals surface area contributed by atoms with E-state index in [1.54, 1.807) is 0 Å². The fourth-order valence-corrected chi connectivity index (χ4v) is 2.72. The van der Waals surface area contributed by atoms with Gasteiger partial charge in [0, 0.05) is 50.8 Å². The third kappa shape index (κ3) is 5.11. The van der Waals surface area contributed by atoms with Gasteiger partial charge in [0.1, 0.15) is 11.6 Å². The lowest BCUT2D eigenvalue weighted by atomic mass is 10.3. The van der Waals surface area contributed by atoms with Crippen LogP contribution >= 0.6 is 11.3 Å². The van der Waals surface area contributed by atoms with E-state index in [-0.39, 0.29) is 11.5 Å². The molecule has 118 valence electrons. The van der Waals surface area contributed by atoms with Crippen molar-refractivity contribution in [2.24, 2.45) is 0 Å². The van der Waals surface area contributed by atoms with E-state index in [0.29, 0.717) is 11.7 Å². The first-order valence-electron chi connectivity index (χ1n) is 7.19. The molecule has 8 heteroatoms. The number of nitrogens with one attached hydrogen (secondary N) is 3. The number of thiazole rings is 1. The molecule has 1 saturated heterocycles. The normalized spacial score (nSPS) is 16.1. The van der Waals surface area contributed by atoms with Crippen LogP contribution in [0.3, 0.4) is 0 Å². The number of amides is 1. The molecule has 0 bridgehead atoms. The molecule has 1 fully saturated rings. The average molecular weight is 320 g/mol. The van der Waals surface area contributed by atoms with Gasteiger partial charge in [0.25, 0.3) is 5.91 Å². The number of nitrogens with zero attached hydrogens (tertiary/aromatic N) is 3. The molecular formula is C14H20N6OS. The summed E-state index contributed by atoms with van der Waals surface area (Å²) in [6, 6.07) is 1.91. The molecule has 0 atom stereocenters. The minimum Gasteiger partial charge on any atom is -0.350 e. The van der Waals surface area contributed by atoms with E-state index in [2.05, 4.69) is 25.8 Å². The predicted molar refractivity (Wildman–Crippen MR) is 86.5 cm³/mol. The van der Waals surface area contributed by atoms with Gasteiger partial charge in [-0.3, -0.25) is 9.69 Å². The molecule has 7 nitrogen and oxygen atoms in total. The minimum atomic E-state index is -0.363. The summed E-state index contributed by atoms with van der Waals surface area (Å²) in [5.41, 5.74) is 0.952. The second-order valence-corrected chi connectivity index (χ2v) is 5.81. The van der Waals surface area contributed by atoms with E-state index >= 15 is 0 Å². The van der Waals surface area contributed by atoms with Gasteiger partial charge in [-0.2, -0.15) is 5.26 Å². The zero-order valence-electron chi connectivity index (χ0n) is 12.6. The van der Waals surface area contributed by atoms with Gasteiger partial charge in [0.2, 0.25) is 0 Å².